The van der Waals surface area contributed by atoms with Gasteiger partial charge in [0.1, 0.15) is 5.69 Å². The Hall–Kier alpha value is -2.06. The van der Waals surface area contributed by atoms with E-state index in [2.05, 4.69) is 4.98 Å². The molecule has 0 bridgehead atoms. The number of aromatic amines is 2. The fraction of sp³-hybridized carbons (Fsp3) is 0. The van der Waals surface area contributed by atoms with Gasteiger partial charge in [-0.2, -0.15) is 0 Å². The molecule has 0 saturated carbocycles. The normalized spacial score (nSPS) is 10.6. The van der Waals surface area contributed by atoms with Crippen LogP contribution in [0.3, 0.4) is 0 Å². The predicted octanol–water partition coefficient (Wildman–Crippen LogP) is 0.381. The largest absolute Gasteiger partial charge is 0.325 e. The molecule has 0 aliphatic rings. The standard InChI is InChI=1S/C10H8ClN3O4S/c11-6-2-1-3-7(4-6)14(19(17)18)8-5-12-10(16)13-9(8)15/h1-5,19H,(H2,12,13,15,16). The molecule has 0 spiro atoms. The molecule has 1 aromatic heterocycles. The molecule has 0 saturated heterocycles. The van der Waals surface area contributed by atoms with Crippen LogP contribution in [0.4, 0.5) is 11.4 Å². The molecule has 1 heterocycles. The molecule has 1 aromatic carbocycles. The van der Waals surface area contributed by atoms with Gasteiger partial charge in [-0.25, -0.2) is 17.5 Å². The number of anilines is 2. The molecule has 9 heteroatoms. The molecular weight excluding hydrogens is 294 g/mol. The maximum Gasteiger partial charge on any atom is 0.325 e. The van der Waals surface area contributed by atoms with Crippen molar-refractivity contribution in [1.29, 1.82) is 0 Å². The fourth-order valence-corrected chi connectivity index (χ4v) is 2.31. The van der Waals surface area contributed by atoms with Gasteiger partial charge in [-0.1, -0.05) is 17.7 Å². The molecule has 2 rings (SSSR count). The van der Waals surface area contributed by atoms with Crippen LogP contribution in [0.2, 0.25) is 5.02 Å². The van der Waals surface area contributed by atoms with Crippen molar-refractivity contribution in [3.63, 3.8) is 0 Å². The number of thiol groups is 1. The quantitative estimate of drug-likeness (QED) is 0.713. The van der Waals surface area contributed by atoms with E-state index in [1.165, 1.54) is 12.1 Å². The number of halogens is 1. The summed E-state index contributed by atoms with van der Waals surface area (Å²) >= 11 is 5.78. The lowest BCUT2D eigenvalue weighted by atomic mass is 10.3. The van der Waals surface area contributed by atoms with Gasteiger partial charge in [-0.3, -0.25) is 9.78 Å². The third kappa shape index (κ3) is 2.85. The molecule has 0 aliphatic carbocycles. The van der Waals surface area contributed by atoms with E-state index in [1.54, 1.807) is 12.1 Å². The zero-order valence-electron chi connectivity index (χ0n) is 9.29. The molecule has 7 nitrogen and oxygen atoms in total. The van der Waals surface area contributed by atoms with Crippen molar-refractivity contribution in [2.75, 3.05) is 4.31 Å². The molecular formula is C10H8ClN3O4S. The second-order valence-corrected chi connectivity index (χ2v) is 4.80. The monoisotopic (exact) mass is 301 g/mol. The molecule has 0 unspecified atom stereocenters. The summed E-state index contributed by atoms with van der Waals surface area (Å²) in [7, 11) is -3.12. The first-order valence-electron chi connectivity index (χ1n) is 5.01. The first-order chi connectivity index (χ1) is 8.99. The van der Waals surface area contributed by atoms with Gasteiger partial charge in [0.15, 0.2) is 0 Å². The summed E-state index contributed by atoms with van der Waals surface area (Å²) in [4.78, 5) is 26.7. The zero-order chi connectivity index (χ0) is 14.0. The molecule has 0 amide bonds. The third-order valence-electron chi connectivity index (χ3n) is 2.24. The number of nitrogens with one attached hydrogen (secondary N) is 2. The van der Waals surface area contributed by atoms with Crippen LogP contribution >= 0.6 is 11.6 Å². The summed E-state index contributed by atoms with van der Waals surface area (Å²) < 4.78 is 23.4. The Balaban J connectivity index is 2.65. The Kier molecular flexibility index (Phi) is 3.72. The van der Waals surface area contributed by atoms with E-state index >= 15 is 0 Å². The molecule has 2 aromatic rings. The van der Waals surface area contributed by atoms with Crippen molar-refractivity contribution in [3.05, 3.63) is 56.3 Å². The smallest absolute Gasteiger partial charge is 0.312 e. The maximum absolute atomic E-state index is 11.6. The third-order valence-corrected chi connectivity index (χ3v) is 3.25. The second-order valence-electron chi connectivity index (χ2n) is 3.49. The molecule has 0 aliphatic heterocycles. The van der Waals surface area contributed by atoms with Crippen molar-refractivity contribution in [2.45, 2.75) is 0 Å². The van der Waals surface area contributed by atoms with Gasteiger partial charge in [-0.15, -0.1) is 0 Å². The topological polar surface area (TPSA) is 103 Å². The van der Waals surface area contributed by atoms with Gasteiger partial charge in [0, 0.05) is 11.2 Å². The average molecular weight is 302 g/mol. The first kappa shape index (κ1) is 13.4. The van der Waals surface area contributed by atoms with E-state index < -0.39 is 22.1 Å². The molecule has 0 atom stereocenters. The van der Waals surface area contributed by atoms with Gasteiger partial charge in [-0.05, 0) is 18.2 Å². The van der Waals surface area contributed by atoms with Crippen LogP contribution in [-0.2, 0) is 10.9 Å². The molecule has 2 N–H and O–H groups in total. The van der Waals surface area contributed by atoms with Gasteiger partial charge < -0.3 is 4.98 Å². The molecule has 19 heavy (non-hydrogen) atoms. The van der Waals surface area contributed by atoms with E-state index in [9.17, 15) is 18.0 Å². The van der Waals surface area contributed by atoms with Crippen LogP contribution in [0.5, 0.6) is 0 Å². The lowest BCUT2D eigenvalue weighted by Crippen LogP contribution is -2.28. The van der Waals surface area contributed by atoms with Crippen LogP contribution in [0, 0.1) is 0 Å². The minimum atomic E-state index is -3.12. The van der Waals surface area contributed by atoms with Gasteiger partial charge in [0.25, 0.3) is 5.56 Å². The minimum Gasteiger partial charge on any atom is -0.312 e. The van der Waals surface area contributed by atoms with Crippen molar-refractivity contribution in [2.24, 2.45) is 0 Å². The molecule has 0 radical (unpaired) electrons. The molecule has 0 fully saturated rings. The lowest BCUT2D eigenvalue weighted by Gasteiger charge is -2.16. The summed E-state index contributed by atoms with van der Waals surface area (Å²) in [5.41, 5.74) is -1.57. The lowest BCUT2D eigenvalue weighted by molar-refractivity contribution is 0.614. The summed E-state index contributed by atoms with van der Waals surface area (Å²) in [5.74, 6) is 0. The maximum atomic E-state index is 11.6. The Morgan fingerprint density at radius 3 is 2.53 bits per heavy atom. The van der Waals surface area contributed by atoms with Gasteiger partial charge in [0.2, 0.25) is 10.9 Å². The summed E-state index contributed by atoms with van der Waals surface area (Å²) in [6.45, 7) is 0. The summed E-state index contributed by atoms with van der Waals surface area (Å²) in [5, 5.41) is 0.320. The number of hydrogen-bond donors (Lipinski definition) is 3. The number of H-pyrrole nitrogens is 2. The highest BCUT2D eigenvalue weighted by molar-refractivity contribution is 7.74. The van der Waals surface area contributed by atoms with Crippen LogP contribution in [0.25, 0.3) is 0 Å². The van der Waals surface area contributed by atoms with E-state index in [0.29, 0.717) is 5.02 Å². The zero-order valence-corrected chi connectivity index (χ0v) is 10.9. The van der Waals surface area contributed by atoms with Gasteiger partial charge in [0.05, 0.1) is 5.69 Å². The van der Waals surface area contributed by atoms with E-state index in [4.69, 9.17) is 11.6 Å². The average Bonchev–Trinajstić information content (AvgIpc) is 2.32. The highest BCUT2D eigenvalue weighted by Gasteiger charge is 2.16. The Morgan fingerprint density at radius 1 is 1.21 bits per heavy atom. The van der Waals surface area contributed by atoms with Crippen molar-refractivity contribution in [3.8, 4) is 0 Å². The molecule has 100 valence electrons. The Labute approximate surface area is 113 Å². The van der Waals surface area contributed by atoms with Crippen molar-refractivity contribution < 1.29 is 8.42 Å². The highest BCUT2D eigenvalue weighted by atomic mass is 35.5. The summed E-state index contributed by atoms with van der Waals surface area (Å²) in [6, 6.07) is 5.97. The highest BCUT2D eigenvalue weighted by Crippen LogP contribution is 2.24. The number of hydrogen-bond acceptors (Lipinski definition) is 4. The van der Waals surface area contributed by atoms with Crippen LogP contribution < -0.4 is 15.6 Å². The van der Waals surface area contributed by atoms with E-state index in [0.717, 1.165) is 10.5 Å². The Bertz CT molecular complexity index is 788. The second kappa shape index (κ2) is 5.29. The van der Waals surface area contributed by atoms with Crippen LogP contribution in [-0.4, -0.2) is 18.4 Å². The van der Waals surface area contributed by atoms with Crippen LogP contribution in [0.1, 0.15) is 0 Å². The number of nitrogens with zero attached hydrogens (tertiary/aromatic N) is 1. The first-order valence-corrected chi connectivity index (χ1v) is 6.52. The number of rotatable bonds is 3. The van der Waals surface area contributed by atoms with Crippen molar-refractivity contribution in [1.82, 2.24) is 9.97 Å². The predicted molar refractivity (Wildman–Crippen MR) is 71.6 cm³/mol. The number of benzene rings is 1. The Morgan fingerprint density at radius 2 is 1.95 bits per heavy atom. The van der Waals surface area contributed by atoms with Crippen LogP contribution in [0.15, 0.2) is 40.1 Å². The van der Waals surface area contributed by atoms with E-state index in [1.807, 2.05) is 4.98 Å². The van der Waals surface area contributed by atoms with E-state index in [-0.39, 0.29) is 11.4 Å². The SMILES string of the molecule is O=c1[nH]cc(N(c2cccc(Cl)c2)[SH](=O)=O)c(=O)[nH]1. The van der Waals surface area contributed by atoms with Gasteiger partial charge >= 0.3 is 5.69 Å². The summed E-state index contributed by atoms with van der Waals surface area (Å²) in [6.07, 6.45) is 1.02. The number of aromatic nitrogens is 2. The van der Waals surface area contributed by atoms with Crippen molar-refractivity contribution >= 4 is 33.9 Å². The fourth-order valence-electron chi connectivity index (χ4n) is 1.49. The minimum absolute atomic E-state index is 0.196.